The lowest BCUT2D eigenvalue weighted by molar-refractivity contribution is -0.146. The highest BCUT2D eigenvalue weighted by molar-refractivity contribution is 6.39. The SMILES string of the molecule is CC1(CO)CCC(n2ncc(C(=O)N(CC(=O)c3c(Cl)cncc3Cl)CC3(C)CCCC3)c2C(F)(F)F)CC1. The van der Waals surface area contributed by atoms with Crippen molar-refractivity contribution in [2.75, 3.05) is 19.7 Å². The summed E-state index contributed by atoms with van der Waals surface area (Å²) in [6.45, 7) is 3.47. The van der Waals surface area contributed by atoms with Crippen molar-refractivity contribution in [3.63, 3.8) is 0 Å². The predicted molar refractivity (Wildman–Crippen MR) is 141 cm³/mol. The number of carbonyl (C=O) groups is 2. The van der Waals surface area contributed by atoms with E-state index in [1.165, 1.54) is 17.3 Å². The minimum absolute atomic E-state index is 0.00274. The van der Waals surface area contributed by atoms with Crippen LogP contribution in [-0.2, 0) is 6.18 Å². The molecule has 2 aliphatic carbocycles. The molecule has 0 spiro atoms. The van der Waals surface area contributed by atoms with Gasteiger partial charge in [-0.05, 0) is 49.4 Å². The summed E-state index contributed by atoms with van der Waals surface area (Å²) in [5, 5.41) is 13.7. The second-order valence-electron chi connectivity index (χ2n) is 11.6. The van der Waals surface area contributed by atoms with E-state index in [2.05, 4.69) is 10.1 Å². The first-order valence-electron chi connectivity index (χ1n) is 13.1. The van der Waals surface area contributed by atoms with Crippen molar-refractivity contribution in [2.24, 2.45) is 10.8 Å². The molecule has 0 atom stereocenters. The number of aromatic nitrogens is 3. The van der Waals surface area contributed by atoms with Gasteiger partial charge in [0.25, 0.3) is 5.91 Å². The summed E-state index contributed by atoms with van der Waals surface area (Å²) in [4.78, 5) is 32.1. The van der Waals surface area contributed by atoms with Gasteiger partial charge in [0, 0.05) is 25.5 Å². The molecule has 2 heterocycles. The number of halogens is 5. The van der Waals surface area contributed by atoms with E-state index in [1.54, 1.807) is 0 Å². The van der Waals surface area contributed by atoms with Gasteiger partial charge in [-0.2, -0.15) is 18.3 Å². The van der Waals surface area contributed by atoms with Crippen molar-refractivity contribution in [3.05, 3.63) is 45.5 Å². The highest BCUT2D eigenvalue weighted by Crippen LogP contribution is 2.44. The summed E-state index contributed by atoms with van der Waals surface area (Å²) in [5.74, 6) is -1.49. The number of pyridine rings is 1. The van der Waals surface area contributed by atoms with E-state index in [9.17, 15) is 27.9 Å². The van der Waals surface area contributed by atoms with Gasteiger partial charge in [-0.1, -0.05) is 49.9 Å². The Balaban J connectivity index is 1.69. The number of ketones is 1. The van der Waals surface area contributed by atoms with E-state index in [4.69, 9.17) is 23.2 Å². The number of aliphatic hydroxyl groups excluding tert-OH is 1. The Bertz CT molecular complexity index is 1200. The van der Waals surface area contributed by atoms with Crippen LogP contribution in [0.1, 0.15) is 97.7 Å². The Hall–Kier alpha value is -2.17. The van der Waals surface area contributed by atoms with Gasteiger partial charge >= 0.3 is 6.18 Å². The van der Waals surface area contributed by atoms with Crippen molar-refractivity contribution < 1.29 is 27.9 Å². The molecule has 2 aliphatic rings. The van der Waals surface area contributed by atoms with Crippen molar-refractivity contribution in [2.45, 2.75) is 77.4 Å². The topological polar surface area (TPSA) is 88.3 Å². The molecule has 0 aromatic carbocycles. The Morgan fingerprint density at radius 3 is 2.18 bits per heavy atom. The average molecular weight is 589 g/mol. The van der Waals surface area contributed by atoms with Crippen LogP contribution in [0.25, 0.3) is 0 Å². The first-order valence-corrected chi connectivity index (χ1v) is 13.9. The van der Waals surface area contributed by atoms with E-state index < -0.39 is 41.7 Å². The van der Waals surface area contributed by atoms with Crippen LogP contribution in [0.4, 0.5) is 13.2 Å². The summed E-state index contributed by atoms with van der Waals surface area (Å²) in [7, 11) is 0. The van der Waals surface area contributed by atoms with Crippen LogP contribution in [0.5, 0.6) is 0 Å². The number of nitrogens with zero attached hydrogens (tertiary/aromatic N) is 4. The maximum absolute atomic E-state index is 14.5. The molecule has 2 aromatic rings. The highest BCUT2D eigenvalue weighted by Gasteiger charge is 2.44. The zero-order valence-electron chi connectivity index (χ0n) is 22.0. The number of aliphatic hydroxyl groups is 1. The van der Waals surface area contributed by atoms with Crippen molar-refractivity contribution in [1.29, 1.82) is 0 Å². The molecule has 39 heavy (non-hydrogen) atoms. The molecule has 2 saturated carbocycles. The third-order valence-corrected chi connectivity index (χ3v) is 8.89. The minimum atomic E-state index is -4.84. The average Bonchev–Trinajstić information content (AvgIpc) is 3.50. The largest absolute Gasteiger partial charge is 0.433 e. The van der Waals surface area contributed by atoms with Crippen LogP contribution >= 0.6 is 23.2 Å². The summed E-state index contributed by atoms with van der Waals surface area (Å²) < 4.78 is 44.3. The van der Waals surface area contributed by atoms with Gasteiger partial charge in [0.05, 0.1) is 40.0 Å². The smallest absolute Gasteiger partial charge is 0.396 e. The maximum Gasteiger partial charge on any atom is 0.433 e. The maximum atomic E-state index is 14.5. The molecule has 12 heteroatoms. The number of hydrogen-bond acceptors (Lipinski definition) is 5. The van der Waals surface area contributed by atoms with E-state index in [0.717, 1.165) is 36.6 Å². The summed E-state index contributed by atoms with van der Waals surface area (Å²) in [5.41, 5.74) is -2.40. The number of carbonyl (C=O) groups excluding carboxylic acids is 2. The molecule has 214 valence electrons. The molecular formula is C27H33Cl2F3N4O3. The Kier molecular flexibility index (Phi) is 8.69. The molecule has 1 amide bonds. The molecular weight excluding hydrogens is 556 g/mol. The molecule has 0 saturated heterocycles. The molecule has 2 fully saturated rings. The lowest BCUT2D eigenvalue weighted by atomic mass is 9.74. The van der Waals surface area contributed by atoms with E-state index in [0.29, 0.717) is 25.7 Å². The number of alkyl halides is 3. The first kappa shape index (κ1) is 29.8. The van der Waals surface area contributed by atoms with Crippen LogP contribution in [0.3, 0.4) is 0 Å². The molecule has 1 N–H and O–H groups in total. The first-order chi connectivity index (χ1) is 18.3. The fourth-order valence-corrected chi connectivity index (χ4v) is 6.50. The Morgan fingerprint density at radius 1 is 1.05 bits per heavy atom. The Labute approximate surface area is 235 Å². The standard InChI is InChI=1S/C27H33Cl2F3N4O3/c1-25(7-3-4-8-25)15-35(14-21(38)22-19(28)12-33-13-20(22)29)24(39)18-11-34-36(23(18)27(30,31)32)17-5-9-26(2,16-37)10-6-17/h11-13,17,37H,3-10,14-16H2,1-2H3. The zero-order chi connectivity index (χ0) is 28.6. The molecule has 0 aliphatic heterocycles. The predicted octanol–water partition coefficient (Wildman–Crippen LogP) is 6.62. The van der Waals surface area contributed by atoms with Crippen LogP contribution in [0.2, 0.25) is 10.0 Å². The van der Waals surface area contributed by atoms with Gasteiger partial charge in [-0.25, -0.2) is 0 Å². The van der Waals surface area contributed by atoms with Crippen molar-refractivity contribution >= 4 is 34.9 Å². The van der Waals surface area contributed by atoms with Crippen LogP contribution < -0.4 is 0 Å². The van der Waals surface area contributed by atoms with Crippen molar-refractivity contribution in [1.82, 2.24) is 19.7 Å². The minimum Gasteiger partial charge on any atom is -0.396 e. The second-order valence-corrected chi connectivity index (χ2v) is 12.4. The summed E-state index contributed by atoms with van der Waals surface area (Å²) in [6.07, 6.45) is 3.97. The number of amides is 1. The Morgan fingerprint density at radius 2 is 1.64 bits per heavy atom. The lowest BCUT2D eigenvalue weighted by Crippen LogP contribution is -2.43. The fourth-order valence-electron chi connectivity index (χ4n) is 5.93. The molecule has 2 aromatic heterocycles. The van der Waals surface area contributed by atoms with Gasteiger partial charge in [0.1, 0.15) is 0 Å². The number of rotatable bonds is 8. The quantitative estimate of drug-likeness (QED) is 0.350. The number of hydrogen-bond donors (Lipinski definition) is 1. The van der Waals surface area contributed by atoms with E-state index >= 15 is 0 Å². The normalized spacial score (nSPS) is 23.1. The molecule has 7 nitrogen and oxygen atoms in total. The zero-order valence-corrected chi connectivity index (χ0v) is 23.5. The second kappa shape index (κ2) is 11.4. The van der Waals surface area contributed by atoms with E-state index in [1.807, 2.05) is 13.8 Å². The van der Waals surface area contributed by atoms with Gasteiger partial charge in [-0.15, -0.1) is 0 Å². The van der Waals surface area contributed by atoms with Gasteiger partial charge in [0.15, 0.2) is 11.5 Å². The van der Waals surface area contributed by atoms with Crippen LogP contribution in [0, 0.1) is 10.8 Å². The summed E-state index contributed by atoms with van der Waals surface area (Å²) in [6, 6.07) is -0.556. The monoisotopic (exact) mass is 588 g/mol. The van der Waals surface area contributed by atoms with Gasteiger partial charge in [-0.3, -0.25) is 19.3 Å². The van der Waals surface area contributed by atoms with Crippen LogP contribution in [0.15, 0.2) is 18.6 Å². The fraction of sp³-hybridized carbons (Fsp3) is 0.630. The summed E-state index contributed by atoms with van der Waals surface area (Å²) >= 11 is 12.3. The lowest BCUT2D eigenvalue weighted by Gasteiger charge is -2.36. The van der Waals surface area contributed by atoms with E-state index in [-0.39, 0.29) is 39.6 Å². The van der Waals surface area contributed by atoms with Gasteiger partial charge in [0.2, 0.25) is 0 Å². The third-order valence-electron chi connectivity index (χ3n) is 8.32. The van der Waals surface area contributed by atoms with Gasteiger partial charge < -0.3 is 10.0 Å². The van der Waals surface area contributed by atoms with Crippen molar-refractivity contribution in [3.8, 4) is 0 Å². The molecule has 0 radical (unpaired) electrons. The highest BCUT2D eigenvalue weighted by atomic mass is 35.5. The van der Waals surface area contributed by atoms with Crippen LogP contribution in [-0.4, -0.2) is 56.2 Å². The number of Topliss-reactive ketones (excluding diaryl/α,β-unsaturated/α-hetero) is 1. The molecule has 0 bridgehead atoms. The third kappa shape index (κ3) is 6.43. The molecule has 4 rings (SSSR count). The molecule has 0 unspecified atom stereocenters.